The van der Waals surface area contributed by atoms with Crippen molar-refractivity contribution in [2.24, 2.45) is 5.92 Å². The van der Waals surface area contributed by atoms with Gasteiger partial charge in [-0.2, -0.15) is 4.31 Å². The quantitative estimate of drug-likeness (QED) is 0.355. The minimum absolute atomic E-state index is 0.0328. The third-order valence-electron chi connectivity index (χ3n) is 8.62. The Labute approximate surface area is 250 Å². The fraction of sp³-hybridized carbons (Fsp3) is 0.562. The first-order chi connectivity index (χ1) is 20.2. The third kappa shape index (κ3) is 8.04. The van der Waals surface area contributed by atoms with Gasteiger partial charge in [0.2, 0.25) is 15.9 Å². The standard InChI is InChI=1S/C32H45N3O6S/c1-4-42(38,39)34(22-25-10-6-5-7-11-25)24-31(36)35(23-26-14-16-28(40-2)17-15-26)27-18-20-33(21-19-27)32(37)29-12-8-9-13-30(29)41-3/h8-9,12-17,25,27H,4-7,10-11,18-24H2,1-3H3. The molecular formula is C32H45N3O6S. The summed E-state index contributed by atoms with van der Waals surface area (Å²) in [6.07, 6.45) is 6.60. The average molecular weight is 600 g/mol. The number of hydrogen-bond donors (Lipinski definition) is 0. The van der Waals surface area contributed by atoms with E-state index in [1.807, 2.05) is 41.3 Å². The highest BCUT2D eigenvalue weighted by atomic mass is 32.2. The molecule has 1 saturated heterocycles. The predicted molar refractivity (Wildman–Crippen MR) is 163 cm³/mol. The maximum Gasteiger partial charge on any atom is 0.257 e. The van der Waals surface area contributed by atoms with Crippen molar-refractivity contribution < 1.29 is 27.5 Å². The van der Waals surface area contributed by atoms with Gasteiger partial charge in [-0.1, -0.05) is 43.5 Å². The van der Waals surface area contributed by atoms with Crippen LogP contribution in [0.4, 0.5) is 0 Å². The molecule has 2 amide bonds. The highest BCUT2D eigenvalue weighted by Gasteiger charge is 2.34. The number of piperidine rings is 1. The van der Waals surface area contributed by atoms with Crippen molar-refractivity contribution >= 4 is 21.8 Å². The number of carbonyl (C=O) groups excluding carboxylic acids is 2. The zero-order chi connectivity index (χ0) is 30.1. The molecule has 10 heteroatoms. The number of para-hydroxylation sites is 1. The Morgan fingerprint density at radius 1 is 0.905 bits per heavy atom. The van der Waals surface area contributed by atoms with Crippen molar-refractivity contribution in [3.8, 4) is 11.5 Å². The average Bonchev–Trinajstić information content (AvgIpc) is 3.03. The topological polar surface area (TPSA) is 96.5 Å². The minimum Gasteiger partial charge on any atom is -0.497 e. The second kappa shape index (κ2) is 14.9. The lowest BCUT2D eigenvalue weighted by Crippen LogP contribution is -2.52. The van der Waals surface area contributed by atoms with Crippen LogP contribution in [0.15, 0.2) is 48.5 Å². The van der Waals surface area contributed by atoms with E-state index in [-0.39, 0.29) is 36.1 Å². The molecule has 2 fully saturated rings. The number of sulfonamides is 1. The number of ether oxygens (including phenoxy) is 2. The number of methoxy groups -OCH3 is 2. The highest BCUT2D eigenvalue weighted by Crippen LogP contribution is 2.27. The summed E-state index contributed by atoms with van der Waals surface area (Å²) in [4.78, 5) is 30.9. The molecule has 0 radical (unpaired) electrons. The third-order valence-corrected chi connectivity index (χ3v) is 10.4. The van der Waals surface area contributed by atoms with Gasteiger partial charge < -0.3 is 19.3 Å². The number of carbonyl (C=O) groups is 2. The molecule has 4 rings (SSSR count). The van der Waals surface area contributed by atoms with E-state index in [0.29, 0.717) is 50.3 Å². The van der Waals surface area contributed by atoms with Gasteiger partial charge in [0, 0.05) is 32.2 Å². The summed E-state index contributed by atoms with van der Waals surface area (Å²) >= 11 is 0. The predicted octanol–water partition coefficient (Wildman–Crippen LogP) is 4.57. The molecule has 0 spiro atoms. The van der Waals surface area contributed by atoms with E-state index in [1.54, 1.807) is 38.2 Å². The number of amides is 2. The summed E-state index contributed by atoms with van der Waals surface area (Å²) in [5.41, 5.74) is 1.46. The van der Waals surface area contributed by atoms with Crippen molar-refractivity contribution in [2.45, 2.75) is 64.5 Å². The van der Waals surface area contributed by atoms with Gasteiger partial charge in [0.05, 0.1) is 32.1 Å². The van der Waals surface area contributed by atoms with E-state index in [9.17, 15) is 18.0 Å². The zero-order valence-corrected chi connectivity index (χ0v) is 26.0. The number of rotatable bonds is 12. The van der Waals surface area contributed by atoms with E-state index < -0.39 is 10.0 Å². The number of likely N-dealkylation sites (tertiary alicyclic amines) is 1. The maximum atomic E-state index is 14.0. The van der Waals surface area contributed by atoms with Gasteiger partial charge in [0.15, 0.2) is 0 Å². The lowest BCUT2D eigenvalue weighted by Gasteiger charge is -2.39. The van der Waals surface area contributed by atoms with Crippen LogP contribution in [-0.2, 0) is 21.4 Å². The van der Waals surface area contributed by atoms with Crippen molar-refractivity contribution in [2.75, 3.05) is 46.2 Å². The van der Waals surface area contributed by atoms with E-state index in [0.717, 1.165) is 37.0 Å². The van der Waals surface area contributed by atoms with Crippen molar-refractivity contribution in [1.29, 1.82) is 0 Å². The molecule has 2 aromatic carbocycles. The Hall–Kier alpha value is -3.11. The smallest absolute Gasteiger partial charge is 0.257 e. The summed E-state index contributed by atoms with van der Waals surface area (Å²) in [6.45, 7) is 3.21. The van der Waals surface area contributed by atoms with Gasteiger partial charge in [-0.05, 0) is 68.4 Å². The molecular weight excluding hydrogens is 554 g/mol. The summed E-state index contributed by atoms with van der Waals surface area (Å²) in [5.74, 6) is 1.23. The Balaban J connectivity index is 1.51. The summed E-state index contributed by atoms with van der Waals surface area (Å²) in [7, 11) is -0.390. The van der Waals surface area contributed by atoms with E-state index in [1.165, 1.54) is 10.7 Å². The Morgan fingerprint density at radius 2 is 1.57 bits per heavy atom. The first-order valence-corrected chi connectivity index (χ1v) is 16.7. The van der Waals surface area contributed by atoms with Crippen LogP contribution in [0, 0.1) is 5.92 Å². The fourth-order valence-electron chi connectivity index (χ4n) is 6.08. The molecule has 0 bridgehead atoms. The van der Waals surface area contributed by atoms with Crippen LogP contribution >= 0.6 is 0 Å². The molecule has 9 nitrogen and oxygen atoms in total. The lowest BCUT2D eigenvalue weighted by atomic mass is 9.89. The molecule has 1 saturated carbocycles. The number of hydrogen-bond acceptors (Lipinski definition) is 6. The molecule has 1 heterocycles. The van der Waals surface area contributed by atoms with Crippen molar-refractivity contribution in [3.63, 3.8) is 0 Å². The van der Waals surface area contributed by atoms with Gasteiger partial charge in [-0.3, -0.25) is 9.59 Å². The number of nitrogens with zero attached hydrogens (tertiary/aromatic N) is 3. The van der Waals surface area contributed by atoms with Crippen LogP contribution in [0.2, 0.25) is 0 Å². The lowest BCUT2D eigenvalue weighted by molar-refractivity contribution is -0.135. The first kappa shape index (κ1) is 31.8. The number of benzene rings is 2. The molecule has 1 aliphatic carbocycles. The second-order valence-corrected chi connectivity index (χ2v) is 13.5. The molecule has 2 aromatic rings. The van der Waals surface area contributed by atoms with Gasteiger partial charge in [0.25, 0.3) is 5.91 Å². The molecule has 0 N–H and O–H groups in total. The molecule has 0 aromatic heterocycles. The minimum atomic E-state index is -3.55. The van der Waals surface area contributed by atoms with Crippen LogP contribution in [0.25, 0.3) is 0 Å². The van der Waals surface area contributed by atoms with Crippen LogP contribution in [0.1, 0.15) is 67.8 Å². The van der Waals surface area contributed by atoms with Crippen LogP contribution in [-0.4, -0.2) is 86.5 Å². The maximum absolute atomic E-state index is 14.0. The first-order valence-electron chi connectivity index (χ1n) is 15.1. The monoisotopic (exact) mass is 599 g/mol. The molecule has 230 valence electrons. The van der Waals surface area contributed by atoms with E-state index in [4.69, 9.17) is 9.47 Å². The highest BCUT2D eigenvalue weighted by molar-refractivity contribution is 7.89. The van der Waals surface area contributed by atoms with Crippen molar-refractivity contribution in [3.05, 3.63) is 59.7 Å². The Kier molecular flexibility index (Phi) is 11.3. The zero-order valence-electron chi connectivity index (χ0n) is 25.2. The van der Waals surface area contributed by atoms with Crippen LogP contribution in [0.5, 0.6) is 11.5 Å². The van der Waals surface area contributed by atoms with Gasteiger partial charge >= 0.3 is 0 Å². The SMILES string of the molecule is CCS(=O)(=O)N(CC(=O)N(Cc1ccc(OC)cc1)C1CCN(C(=O)c2ccccc2OC)CC1)CC1CCCCC1. The largest absolute Gasteiger partial charge is 0.497 e. The fourth-order valence-corrected chi connectivity index (χ4v) is 7.19. The molecule has 42 heavy (non-hydrogen) atoms. The second-order valence-electron chi connectivity index (χ2n) is 11.3. The Bertz CT molecular complexity index is 1290. The van der Waals surface area contributed by atoms with Crippen molar-refractivity contribution in [1.82, 2.24) is 14.1 Å². The molecule has 0 unspecified atom stereocenters. The van der Waals surface area contributed by atoms with Gasteiger partial charge in [-0.15, -0.1) is 0 Å². The van der Waals surface area contributed by atoms with Crippen LogP contribution in [0.3, 0.4) is 0 Å². The Morgan fingerprint density at radius 3 is 2.19 bits per heavy atom. The summed E-state index contributed by atoms with van der Waals surface area (Å²) < 4.78 is 38.4. The summed E-state index contributed by atoms with van der Waals surface area (Å²) in [6, 6.07) is 14.7. The van der Waals surface area contributed by atoms with Gasteiger partial charge in [-0.25, -0.2) is 8.42 Å². The van der Waals surface area contributed by atoms with Gasteiger partial charge in [0.1, 0.15) is 11.5 Å². The summed E-state index contributed by atoms with van der Waals surface area (Å²) in [5, 5.41) is 0. The molecule has 2 aliphatic rings. The molecule has 1 aliphatic heterocycles. The normalized spacial score (nSPS) is 16.8. The molecule has 0 atom stereocenters. The van der Waals surface area contributed by atoms with E-state index in [2.05, 4.69) is 0 Å². The van der Waals surface area contributed by atoms with Crippen LogP contribution < -0.4 is 9.47 Å². The van der Waals surface area contributed by atoms with E-state index >= 15 is 0 Å².